The molecule has 0 atom stereocenters. The Kier molecular flexibility index (Phi) is 3.32. The predicted octanol–water partition coefficient (Wildman–Crippen LogP) is 4.64. The van der Waals surface area contributed by atoms with E-state index in [0.717, 1.165) is 22.3 Å². The van der Waals surface area contributed by atoms with Gasteiger partial charge in [-0.3, -0.25) is 4.40 Å². The van der Waals surface area contributed by atoms with Crippen molar-refractivity contribution in [3.8, 4) is 0 Å². The van der Waals surface area contributed by atoms with Crippen molar-refractivity contribution >= 4 is 51.4 Å². The van der Waals surface area contributed by atoms with Crippen LogP contribution in [0.1, 0.15) is 5.56 Å². The van der Waals surface area contributed by atoms with Crippen molar-refractivity contribution < 1.29 is 0 Å². The number of aromatic nitrogens is 4. The van der Waals surface area contributed by atoms with Gasteiger partial charge in [-0.2, -0.15) is 0 Å². The van der Waals surface area contributed by atoms with Gasteiger partial charge in [0.2, 0.25) is 5.65 Å². The molecule has 0 radical (unpaired) electrons. The molecule has 0 saturated carbocycles. The molecule has 114 valence electrons. The lowest BCUT2D eigenvalue weighted by Crippen LogP contribution is -2.01. The smallest absolute Gasteiger partial charge is 0.204 e. The van der Waals surface area contributed by atoms with Gasteiger partial charge in [0, 0.05) is 15.7 Å². The van der Waals surface area contributed by atoms with Crippen molar-refractivity contribution in [1.29, 1.82) is 0 Å². The second-order valence-corrected chi connectivity index (χ2v) is 6.00. The Hall–Kier alpha value is -2.37. The standard InChI is InChI=1S/C16H11Cl2N5/c1-9-11(18)3-2-4-12(9)20-15-16-22-19-8-23(16)14-7-10(17)5-6-13(14)21-15/h2-8H,1H3,(H,20,21). The molecule has 7 heteroatoms. The Morgan fingerprint density at radius 1 is 1.13 bits per heavy atom. The van der Waals surface area contributed by atoms with Crippen LogP contribution in [0.2, 0.25) is 10.0 Å². The first-order valence-electron chi connectivity index (χ1n) is 6.94. The van der Waals surface area contributed by atoms with Crippen molar-refractivity contribution in [2.75, 3.05) is 5.32 Å². The van der Waals surface area contributed by atoms with Crippen LogP contribution in [-0.2, 0) is 0 Å². The Bertz CT molecular complexity index is 1040. The number of fused-ring (bicyclic) bond motifs is 3. The first-order valence-corrected chi connectivity index (χ1v) is 7.70. The summed E-state index contributed by atoms with van der Waals surface area (Å²) < 4.78 is 1.86. The molecular weight excluding hydrogens is 333 g/mol. The molecule has 4 rings (SSSR count). The lowest BCUT2D eigenvalue weighted by Gasteiger charge is -2.12. The summed E-state index contributed by atoms with van der Waals surface area (Å²) in [6, 6.07) is 11.2. The molecule has 2 aromatic carbocycles. The highest BCUT2D eigenvalue weighted by atomic mass is 35.5. The van der Waals surface area contributed by atoms with Gasteiger partial charge in [0.1, 0.15) is 6.33 Å². The number of anilines is 2. The number of hydrogen-bond donors (Lipinski definition) is 1. The molecule has 0 aliphatic rings. The summed E-state index contributed by atoms with van der Waals surface area (Å²) in [7, 11) is 0. The van der Waals surface area contributed by atoms with Crippen LogP contribution in [0.25, 0.3) is 16.7 Å². The SMILES string of the molecule is Cc1c(Cl)cccc1Nc1nc2ccc(Cl)cc2n2cnnc12. The van der Waals surface area contributed by atoms with E-state index >= 15 is 0 Å². The van der Waals surface area contributed by atoms with Crippen LogP contribution in [0.5, 0.6) is 0 Å². The van der Waals surface area contributed by atoms with Crippen molar-refractivity contribution in [2.24, 2.45) is 0 Å². The molecule has 0 spiro atoms. The summed E-state index contributed by atoms with van der Waals surface area (Å²) in [5.74, 6) is 0.614. The van der Waals surface area contributed by atoms with Crippen LogP contribution in [0, 0.1) is 6.92 Å². The Morgan fingerprint density at radius 2 is 2.00 bits per heavy atom. The minimum Gasteiger partial charge on any atom is -0.337 e. The highest BCUT2D eigenvalue weighted by Crippen LogP contribution is 2.28. The van der Waals surface area contributed by atoms with E-state index in [1.165, 1.54) is 0 Å². The molecule has 2 heterocycles. The fraction of sp³-hybridized carbons (Fsp3) is 0.0625. The van der Waals surface area contributed by atoms with Gasteiger partial charge in [-0.1, -0.05) is 29.3 Å². The van der Waals surface area contributed by atoms with Crippen LogP contribution in [-0.4, -0.2) is 19.6 Å². The third kappa shape index (κ3) is 2.38. The van der Waals surface area contributed by atoms with Gasteiger partial charge in [0.05, 0.1) is 11.0 Å². The van der Waals surface area contributed by atoms with E-state index in [2.05, 4.69) is 20.5 Å². The van der Waals surface area contributed by atoms with E-state index in [1.54, 1.807) is 6.33 Å². The number of nitrogens with one attached hydrogen (secondary N) is 1. The van der Waals surface area contributed by atoms with Crippen LogP contribution in [0.3, 0.4) is 0 Å². The van der Waals surface area contributed by atoms with Gasteiger partial charge in [-0.25, -0.2) is 4.98 Å². The first kappa shape index (κ1) is 14.2. The molecule has 0 bridgehead atoms. The maximum Gasteiger partial charge on any atom is 0.204 e. The number of benzene rings is 2. The minimum atomic E-state index is 0.614. The van der Waals surface area contributed by atoms with Crippen molar-refractivity contribution in [2.45, 2.75) is 6.92 Å². The van der Waals surface area contributed by atoms with Crippen molar-refractivity contribution in [3.05, 3.63) is 58.3 Å². The molecule has 2 aromatic heterocycles. The van der Waals surface area contributed by atoms with Crippen molar-refractivity contribution in [3.63, 3.8) is 0 Å². The normalized spacial score (nSPS) is 11.3. The molecule has 4 aromatic rings. The summed E-state index contributed by atoms with van der Waals surface area (Å²) in [6.07, 6.45) is 1.64. The molecule has 0 saturated heterocycles. The number of rotatable bonds is 2. The van der Waals surface area contributed by atoms with E-state index < -0.39 is 0 Å². The van der Waals surface area contributed by atoms with Gasteiger partial charge in [-0.15, -0.1) is 10.2 Å². The Labute approximate surface area is 141 Å². The third-order valence-corrected chi connectivity index (χ3v) is 4.35. The van der Waals surface area contributed by atoms with Crippen molar-refractivity contribution in [1.82, 2.24) is 19.6 Å². The molecule has 0 aliphatic heterocycles. The lowest BCUT2D eigenvalue weighted by atomic mass is 10.2. The van der Waals surface area contributed by atoms with Gasteiger partial charge >= 0.3 is 0 Å². The first-order chi connectivity index (χ1) is 11.1. The third-order valence-electron chi connectivity index (χ3n) is 3.71. The average Bonchev–Trinajstić information content (AvgIpc) is 3.02. The average molecular weight is 344 g/mol. The maximum absolute atomic E-state index is 6.18. The van der Waals surface area contributed by atoms with Crippen LogP contribution >= 0.6 is 23.2 Å². The highest BCUT2D eigenvalue weighted by molar-refractivity contribution is 6.31. The zero-order valence-electron chi connectivity index (χ0n) is 12.1. The van der Waals surface area contributed by atoms with E-state index in [-0.39, 0.29) is 0 Å². The lowest BCUT2D eigenvalue weighted by molar-refractivity contribution is 1.11. The van der Waals surface area contributed by atoms with Gasteiger partial charge in [-0.05, 0) is 42.8 Å². The number of nitrogens with zero attached hydrogens (tertiary/aromatic N) is 4. The zero-order valence-corrected chi connectivity index (χ0v) is 13.6. The molecule has 23 heavy (non-hydrogen) atoms. The second kappa shape index (κ2) is 5.37. The zero-order chi connectivity index (χ0) is 16.0. The summed E-state index contributed by atoms with van der Waals surface area (Å²) in [6.45, 7) is 1.95. The topological polar surface area (TPSA) is 55.1 Å². The molecular formula is C16H11Cl2N5. The Morgan fingerprint density at radius 3 is 2.87 bits per heavy atom. The highest BCUT2D eigenvalue weighted by Gasteiger charge is 2.12. The maximum atomic E-state index is 6.18. The molecule has 0 fully saturated rings. The monoisotopic (exact) mass is 343 g/mol. The summed E-state index contributed by atoms with van der Waals surface area (Å²) >= 11 is 12.3. The molecule has 0 aliphatic carbocycles. The van der Waals surface area contributed by atoms with E-state index in [0.29, 0.717) is 21.5 Å². The van der Waals surface area contributed by atoms with Crippen LogP contribution in [0.4, 0.5) is 11.5 Å². The summed E-state index contributed by atoms with van der Waals surface area (Å²) in [4.78, 5) is 4.65. The summed E-state index contributed by atoms with van der Waals surface area (Å²) in [5.41, 5.74) is 4.10. The van der Waals surface area contributed by atoms with Crippen LogP contribution in [0.15, 0.2) is 42.7 Å². The van der Waals surface area contributed by atoms with Crippen LogP contribution < -0.4 is 5.32 Å². The Balaban J connectivity index is 1.94. The van der Waals surface area contributed by atoms with Gasteiger partial charge in [0.15, 0.2) is 5.82 Å². The minimum absolute atomic E-state index is 0.614. The number of hydrogen-bond acceptors (Lipinski definition) is 4. The molecule has 0 amide bonds. The second-order valence-electron chi connectivity index (χ2n) is 5.16. The fourth-order valence-corrected chi connectivity index (χ4v) is 2.82. The molecule has 1 N–H and O–H groups in total. The largest absolute Gasteiger partial charge is 0.337 e. The van der Waals surface area contributed by atoms with E-state index in [1.807, 2.05) is 47.7 Å². The van der Waals surface area contributed by atoms with Gasteiger partial charge in [0.25, 0.3) is 0 Å². The number of halogens is 2. The quantitative estimate of drug-likeness (QED) is 0.576. The van der Waals surface area contributed by atoms with E-state index in [9.17, 15) is 0 Å². The fourth-order valence-electron chi connectivity index (χ4n) is 2.48. The molecule has 0 unspecified atom stereocenters. The van der Waals surface area contributed by atoms with E-state index in [4.69, 9.17) is 23.2 Å². The van der Waals surface area contributed by atoms with Gasteiger partial charge < -0.3 is 5.32 Å². The predicted molar refractivity (Wildman–Crippen MR) is 92.8 cm³/mol. The molecule has 5 nitrogen and oxygen atoms in total. The summed E-state index contributed by atoms with van der Waals surface area (Å²) in [5, 5.41) is 12.8.